The molecule has 0 aliphatic carbocycles. The van der Waals surface area contributed by atoms with Crippen molar-refractivity contribution < 1.29 is 27.8 Å². The van der Waals surface area contributed by atoms with Gasteiger partial charge in [-0.2, -0.15) is 0 Å². The number of aromatic nitrogens is 1. The van der Waals surface area contributed by atoms with E-state index in [4.69, 9.17) is 9.47 Å². The number of nitrogens with zero attached hydrogens (tertiary/aromatic N) is 2. The number of aliphatic hydroxyl groups is 1. The fraction of sp³-hybridized carbons (Fsp3) is 0.545. The minimum Gasteiger partial charge on any atom is -0.481 e. The Bertz CT molecular complexity index is 1020. The van der Waals surface area contributed by atoms with Crippen molar-refractivity contribution in [3.63, 3.8) is 0 Å². The largest absolute Gasteiger partial charge is 0.481 e. The number of carbonyl (C=O) groups is 1. The molecule has 0 aliphatic heterocycles. The summed E-state index contributed by atoms with van der Waals surface area (Å²) in [5.74, 6) is 0.340. The van der Waals surface area contributed by atoms with E-state index in [-0.39, 0.29) is 24.6 Å². The van der Waals surface area contributed by atoms with Crippen LogP contribution in [0.2, 0.25) is 0 Å². The third-order valence-corrected chi connectivity index (χ3v) is 6.28. The van der Waals surface area contributed by atoms with E-state index < -0.39 is 27.8 Å². The maximum absolute atomic E-state index is 13.3. The van der Waals surface area contributed by atoms with E-state index in [9.17, 15) is 18.3 Å². The van der Waals surface area contributed by atoms with Gasteiger partial charge in [0.2, 0.25) is 15.9 Å². The van der Waals surface area contributed by atoms with Crippen LogP contribution in [0.15, 0.2) is 35.4 Å². The molecule has 0 radical (unpaired) electrons. The molecule has 1 atom stereocenters. The lowest BCUT2D eigenvalue weighted by molar-refractivity contribution is 0.0225. The normalized spacial score (nSPS) is 13.1. The first kappa shape index (κ1) is 25.8. The summed E-state index contributed by atoms with van der Waals surface area (Å²) in [6.07, 6.45) is 1.76. The molecule has 2 N–H and O–H groups in total. The first-order chi connectivity index (χ1) is 15.0. The van der Waals surface area contributed by atoms with Crippen LogP contribution in [0.1, 0.15) is 40.5 Å². The SMILES string of the molecule is CCC(CN(CCCO)C(=O)OC(C)(C)C)NS(=O)(=O)c1cccc2c(OC)nccc12. The summed E-state index contributed by atoms with van der Waals surface area (Å²) in [6.45, 7) is 7.40. The first-order valence-corrected chi connectivity index (χ1v) is 12.0. The molecule has 0 aliphatic rings. The number of hydrogen-bond donors (Lipinski definition) is 2. The molecular formula is C22H33N3O6S. The Kier molecular flexibility index (Phi) is 8.82. The number of methoxy groups -OCH3 is 1. The van der Waals surface area contributed by atoms with Gasteiger partial charge in [-0.3, -0.25) is 0 Å². The molecule has 0 saturated carbocycles. The van der Waals surface area contributed by atoms with Gasteiger partial charge in [0, 0.05) is 42.7 Å². The monoisotopic (exact) mass is 467 g/mol. The van der Waals surface area contributed by atoms with Crippen LogP contribution in [0.3, 0.4) is 0 Å². The molecule has 1 aromatic carbocycles. The van der Waals surface area contributed by atoms with Gasteiger partial charge in [0.15, 0.2) is 0 Å². The van der Waals surface area contributed by atoms with Crippen LogP contribution in [0.4, 0.5) is 4.79 Å². The fourth-order valence-corrected chi connectivity index (χ4v) is 4.72. The van der Waals surface area contributed by atoms with Crippen molar-refractivity contribution >= 4 is 26.9 Å². The lowest BCUT2D eigenvalue weighted by Crippen LogP contribution is -2.47. The molecule has 0 spiro atoms. The van der Waals surface area contributed by atoms with Crippen LogP contribution in [-0.4, -0.2) is 68.0 Å². The number of aliphatic hydroxyl groups excluding tert-OH is 1. The molecular weight excluding hydrogens is 434 g/mol. The van der Waals surface area contributed by atoms with Crippen molar-refractivity contribution in [3.05, 3.63) is 30.5 Å². The number of carbonyl (C=O) groups excluding carboxylic acids is 1. The zero-order valence-corrected chi connectivity index (χ0v) is 20.1. The average Bonchev–Trinajstić information content (AvgIpc) is 2.73. The number of rotatable bonds is 10. The molecule has 2 aromatic rings. The van der Waals surface area contributed by atoms with Crippen LogP contribution in [-0.2, 0) is 14.8 Å². The topological polar surface area (TPSA) is 118 Å². The van der Waals surface area contributed by atoms with Crippen LogP contribution in [0.25, 0.3) is 10.8 Å². The van der Waals surface area contributed by atoms with E-state index in [1.165, 1.54) is 24.3 Å². The lowest BCUT2D eigenvalue weighted by atomic mass is 10.2. The molecule has 178 valence electrons. The highest BCUT2D eigenvalue weighted by molar-refractivity contribution is 7.89. The number of fused-ring (bicyclic) bond motifs is 1. The zero-order chi connectivity index (χ0) is 23.9. The second-order valence-electron chi connectivity index (χ2n) is 8.40. The number of amides is 1. The smallest absolute Gasteiger partial charge is 0.410 e. The van der Waals surface area contributed by atoms with E-state index in [1.807, 2.05) is 6.92 Å². The number of sulfonamides is 1. The summed E-state index contributed by atoms with van der Waals surface area (Å²) < 4.78 is 39.9. The second-order valence-corrected chi connectivity index (χ2v) is 10.1. The van der Waals surface area contributed by atoms with Gasteiger partial charge in [-0.05, 0) is 51.8 Å². The highest BCUT2D eigenvalue weighted by Gasteiger charge is 2.27. The number of nitrogens with one attached hydrogen (secondary N) is 1. The van der Waals surface area contributed by atoms with Crippen LogP contribution >= 0.6 is 0 Å². The Morgan fingerprint density at radius 3 is 2.56 bits per heavy atom. The van der Waals surface area contributed by atoms with Gasteiger partial charge in [-0.15, -0.1) is 0 Å². The maximum Gasteiger partial charge on any atom is 0.410 e. The lowest BCUT2D eigenvalue weighted by Gasteiger charge is -2.30. The third-order valence-electron chi connectivity index (χ3n) is 4.71. The summed E-state index contributed by atoms with van der Waals surface area (Å²) in [5, 5.41) is 10.3. The van der Waals surface area contributed by atoms with Crippen molar-refractivity contribution in [2.75, 3.05) is 26.8 Å². The molecule has 9 nitrogen and oxygen atoms in total. The summed E-state index contributed by atoms with van der Waals surface area (Å²) in [7, 11) is -2.43. The minimum absolute atomic E-state index is 0.0896. The second kappa shape index (κ2) is 10.9. The maximum atomic E-state index is 13.3. The van der Waals surface area contributed by atoms with Crippen molar-refractivity contribution in [2.24, 2.45) is 0 Å². The zero-order valence-electron chi connectivity index (χ0n) is 19.3. The van der Waals surface area contributed by atoms with E-state index in [1.54, 1.807) is 39.0 Å². The number of hydrogen-bond acceptors (Lipinski definition) is 7. The Morgan fingerprint density at radius 2 is 1.97 bits per heavy atom. The molecule has 1 unspecified atom stereocenters. The van der Waals surface area contributed by atoms with Gasteiger partial charge in [0.1, 0.15) is 5.60 Å². The molecule has 0 saturated heterocycles. The Hall–Kier alpha value is -2.43. The Balaban J connectivity index is 2.29. The van der Waals surface area contributed by atoms with E-state index >= 15 is 0 Å². The highest BCUT2D eigenvalue weighted by atomic mass is 32.2. The van der Waals surface area contributed by atoms with Crippen molar-refractivity contribution in [2.45, 2.75) is 57.1 Å². The van der Waals surface area contributed by atoms with Gasteiger partial charge < -0.3 is 19.5 Å². The fourth-order valence-electron chi connectivity index (χ4n) is 3.19. The van der Waals surface area contributed by atoms with Crippen LogP contribution < -0.4 is 9.46 Å². The molecule has 0 fully saturated rings. The van der Waals surface area contributed by atoms with Crippen molar-refractivity contribution in [3.8, 4) is 5.88 Å². The van der Waals surface area contributed by atoms with Gasteiger partial charge in [-0.1, -0.05) is 13.0 Å². The van der Waals surface area contributed by atoms with E-state index in [0.29, 0.717) is 29.5 Å². The quantitative estimate of drug-likeness (QED) is 0.551. The molecule has 1 heterocycles. The van der Waals surface area contributed by atoms with Gasteiger partial charge in [0.25, 0.3) is 0 Å². The highest BCUT2D eigenvalue weighted by Crippen LogP contribution is 2.28. The summed E-state index contributed by atoms with van der Waals surface area (Å²) in [5.41, 5.74) is -0.689. The van der Waals surface area contributed by atoms with Crippen molar-refractivity contribution in [1.29, 1.82) is 0 Å². The third kappa shape index (κ3) is 6.78. The predicted molar refractivity (Wildman–Crippen MR) is 122 cm³/mol. The predicted octanol–water partition coefficient (Wildman–Crippen LogP) is 2.92. The number of ether oxygens (including phenoxy) is 2. The van der Waals surface area contributed by atoms with Crippen molar-refractivity contribution in [1.82, 2.24) is 14.6 Å². The molecule has 0 bridgehead atoms. The summed E-state index contributed by atoms with van der Waals surface area (Å²) in [4.78, 5) is 18.3. The van der Waals surface area contributed by atoms with Gasteiger partial charge in [0.05, 0.1) is 12.0 Å². The van der Waals surface area contributed by atoms with Crippen LogP contribution in [0.5, 0.6) is 5.88 Å². The first-order valence-electron chi connectivity index (χ1n) is 10.5. The molecule has 2 rings (SSSR count). The van der Waals surface area contributed by atoms with Gasteiger partial charge >= 0.3 is 6.09 Å². The molecule has 1 aromatic heterocycles. The van der Waals surface area contributed by atoms with Gasteiger partial charge in [-0.25, -0.2) is 22.9 Å². The molecule has 1 amide bonds. The standard InChI is InChI=1S/C22H33N3O6S/c1-6-16(15-25(13-8-14-26)21(27)31-22(2,3)4)24-32(28,29)19-10-7-9-18-17(19)11-12-23-20(18)30-5/h7,9-12,16,24,26H,6,8,13-15H2,1-5H3. The van der Waals surface area contributed by atoms with Crippen LogP contribution in [0, 0.1) is 0 Å². The summed E-state index contributed by atoms with van der Waals surface area (Å²) in [6, 6.07) is 5.98. The Morgan fingerprint density at radius 1 is 1.25 bits per heavy atom. The minimum atomic E-state index is -3.91. The average molecular weight is 468 g/mol. The number of pyridine rings is 1. The molecule has 32 heavy (non-hydrogen) atoms. The van der Waals surface area contributed by atoms with E-state index in [2.05, 4.69) is 9.71 Å². The van der Waals surface area contributed by atoms with E-state index in [0.717, 1.165) is 0 Å². The number of benzene rings is 1. The summed E-state index contributed by atoms with van der Waals surface area (Å²) >= 11 is 0. The molecule has 10 heteroatoms. The Labute approximate surface area is 189 Å².